The summed E-state index contributed by atoms with van der Waals surface area (Å²) in [7, 11) is 0. The molecule has 0 spiro atoms. The fraction of sp³-hybridized carbons (Fsp3) is 0.176. The van der Waals surface area contributed by atoms with Gasteiger partial charge in [-0.3, -0.25) is 19.7 Å². The van der Waals surface area contributed by atoms with Gasteiger partial charge in [0.1, 0.15) is 17.4 Å². The van der Waals surface area contributed by atoms with Gasteiger partial charge in [-0.25, -0.2) is 14.3 Å². The van der Waals surface area contributed by atoms with Crippen LogP contribution in [0.4, 0.5) is 14.5 Å². The lowest BCUT2D eigenvalue weighted by Gasteiger charge is -2.34. The van der Waals surface area contributed by atoms with Gasteiger partial charge in [-0.1, -0.05) is 6.07 Å². The number of carbonyl (C=O) groups is 2. The van der Waals surface area contributed by atoms with Crippen LogP contribution in [0.3, 0.4) is 0 Å². The topological polar surface area (TPSA) is 78.9 Å². The number of fused-ring (bicyclic) bond motifs is 1. The van der Waals surface area contributed by atoms with Crippen molar-refractivity contribution in [2.75, 3.05) is 11.5 Å². The summed E-state index contributed by atoms with van der Waals surface area (Å²) in [6, 6.07) is 6.64. The van der Waals surface area contributed by atoms with Crippen LogP contribution >= 0.6 is 0 Å². The highest BCUT2D eigenvalue weighted by atomic mass is 19.1. The second-order valence-corrected chi connectivity index (χ2v) is 5.49. The number of amides is 2. The van der Waals surface area contributed by atoms with Gasteiger partial charge in [0.05, 0.1) is 11.7 Å². The van der Waals surface area contributed by atoms with Crippen LogP contribution in [-0.4, -0.2) is 23.6 Å². The van der Waals surface area contributed by atoms with Crippen LogP contribution in [0.2, 0.25) is 0 Å². The van der Waals surface area contributed by atoms with E-state index in [4.69, 9.17) is 9.94 Å². The van der Waals surface area contributed by atoms with Gasteiger partial charge in [0.25, 0.3) is 11.8 Å². The maximum Gasteiger partial charge on any atom is 0.274 e. The summed E-state index contributed by atoms with van der Waals surface area (Å²) in [5, 5.41) is 8.76. The van der Waals surface area contributed by atoms with Gasteiger partial charge in [0.2, 0.25) is 0 Å². The van der Waals surface area contributed by atoms with Crippen molar-refractivity contribution in [2.45, 2.75) is 13.0 Å². The lowest BCUT2D eigenvalue weighted by molar-refractivity contribution is -0.121. The molecule has 1 atom stereocenters. The van der Waals surface area contributed by atoms with Crippen molar-refractivity contribution < 1.29 is 28.3 Å². The predicted octanol–water partition coefficient (Wildman–Crippen LogP) is 2.57. The zero-order chi connectivity index (χ0) is 18.1. The lowest BCUT2D eigenvalue weighted by atomic mass is 10.0. The van der Waals surface area contributed by atoms with Crippen LogP contribution in [0.5, 0.6) is 5.75 Å². The SMILES string of the molecule is CC(c1c(F)cccc1F)N1C(=O)COc2ccc(C(=O)NO)cc21. The third-order valence-electron chi connectivity index (χ3n) is 4.01. The predicted molar refractivity (Wildman–Crippen MR) is 83.4 cm³/mol. The molecule has 3 rings (SSSR count). The first kappa shape index (κ1) is 16.8. The molecule has 2 amide bonds. The summed E-state index contributed by atoms with van der Waals surface area (Å²) in [4.78, 5) is 25.1. The molecule has 130 valence electrons. The van der Waals surface area contributed by atoms with Crippen molar-refractivity contribution in [2.24, 2.45) is 0 Å². The van der Waals surface area contributed by atoms with E-state index in [1.807, 2.05) is 0 Å². The molecular formula is C17H14F2N2O4. The monoisotopic (exact) mass is 348 g/mol. The van der Waals surface area contributed by atoms with E-state index in [1.54, 1.807) is 0 Å². The number of anilines is 1. The van der Waals surface area contributed by atoms with Crippen LogP contribution in [0.15, 0.2) is 36.4 Å². The third kappa shape index (κ3) is 2.91. The highest BCUT2D eigenvalue weighted by Gasteiger charge is 2.33. The zero-order valence-electron chi connectivity index (χ0n) is 13.1. The maximum atomic E-state index is 14.1. The molecule has 1 aliphatic rings. The van der Waals surface area contributed by atoms with E-state index < -0.39 is 29.5 Å². The molecule has 6 nitrogen and oxygen atoms in total. The largest absolute Gasteiger partial charge is 0.482 e. The minimum atomic E-state index is -0.969. The number of nitrogens with zero attached hydrogens (tertiary/aromatic N) is 1. The van der Waals surface area contributed by atoms with Crippen molar-refractivity contribution in [3.8, 4) is 5.75 Å². The molecule has 25 heavy (non-hydrogen) atoms. The summed E-state index contributed by atoms with van der Waals surface area (Å²) in [6.07, 6.45) is 0. The van der Waals surface area contributed by atoms with E-state index in [9.17, 15) is 18.4 Å². The Hall–Kier alpha value is -3.00. The number of hydrogen-bond acceptors (Lipinski definition) is 4. The summed E-state index contributed by atoms with van der Waals surface area (Å²) < 4.78 is 33.5. The first-order chi connectivity index (χ1) is 11.9. The van der Waals surface area contributed by atoms with Gasteiger partial charge in [0.15, 0.2) is 6.61 Å². The minimum absolute atomic E-state index is 0.0609. The van der Waals surface area contributed by atoms with Crippen molar-refractivity contribution in [3.05, 3.63) is 59.2 Å². The molecule has 8 heteroatoms. The van der Waals surface area contributed by atoms with Gasteiger partial charge >= 0.3 is 0 Å². The molecule has 1 aliphatic heterocycles. The van der Waals surface area contributed by atoms with E-state index in [0.717, 1.165) is 12.1 Å². The van der Waals surface area contributed by atoms with Crippen molar-refractivity contribution in [1.29, 1.82) is 0 Å². The van der Waals surface area contributed by atoms with Crippen LogP contribution in [0.25, 0.3) is 0 Å². The Morgan fingerprint density at radius 1 is 1.28 bits per heavy atom. The Balaban J connectivity index is 2.11. The molecule has 0 bridgehead atoms. The number of rotatable bonds is 3. The van der Waals surface area contributed by atoms with E-state index in [2.05, 4.69) is 0 Å². The molecule has 0 aliphatic carbocycles. The molecule has 2 aromatic carbocycles. The Bertz CT molecular complexity index is 836. The van der Waals surface area contributed by atoms with Crippen LogP contribution < -0.4 is 15.1 Å². The molecule has 0 saturated heterocycles. The second kappa shape index (κ2) is 6.48. The van der Waals surface area contributed by atoms with Gasteiger partial charge in [0, 0.05) is 11.1 Å². The number of hydroxylamine groups is 1. The lowest BCUT2D eigenvalue weighted by Crippen LogP contribution is -2.41. The summed E-state index contributed by atoms with van der Waals surface area (Å²) in [6.45, 7) is 1.19. The molecule has 1 heterocycles. The van der Waals surface area contributed by atoms with Gasteiger partial charge in [-0.05, 0) is 37.3 Å². The van der Waals surface area contributed by atoms with E-state index in [-0.39, 0.29) is 29.2 Å². The smallest absolute Gasteiger partial charge is 0.274 e. The van der Waals surface area contributed by atoms with E-state index in [1.165, 1.54) is 41.6 Å². The third-order valence-corrected chi connectivity index (χ3v) is 4.01. The van der Waals surface area contributed by atoms with E-state index >= 15 is 0 Å². The molecule has 2 aromatic rings. The van der Waals surface area contributed by atoms with Crippen molar-refractivity contribution in [3.63, 3.8) is 0 Å². The highest BCUT2D eigenvalue weighted by molar-refractivity contribution is 6.01. The van der Waals surface area contributed by atoms with Crippen molar-refractivity contribution >= 4 is 17.5 Å². The number of ether oxygens (including phenoxy) is 1. The molecule has 0 saturated carbocycles. The molecular weight excluding hydrogens is 334 g/mol. The number of benzene rings is 2. The fourth-order valence-electron chi connectivity index (χ4n) is 2.84. The Morgan fingerprint density at radius 2 is 1.96 bits per heavy atom. The molecule has 0 radical (unpaired) electrons. The molecule has 0 fully saturated rings. The second-order valence-electron chi connectivity index (χ2n) is 5.49. The summed E-state index contributed by atoms with van der Waals surface area (Å²) in [5.74, 6) is -2.57. The first-order valence-electron chi connectivity index (χ1n) is 7.41. The quantitative estimate of drug-likeness (QED) is 0.660. The number of halogens is 2. The average Bonchev–Trinajstić information content (AvgIpc) is 2.60. The van der Waals surface area contributed by atoms with Crippen LogP contribution in [0.1, 0.15) is 28.9 Å². The Morgan fingerprint density at radius 3 is 2.60 bits per heavy atom. The normalized spacial score (nSPS) is 14.6. The van der Waals surface area contributed by atoms with Gasteiger partial charge in [-0.15, -0.1) is 0 Å². The van der Waals surface area contributed by atoms with Crippen molar-refractivity contribution in [1.82, 2.24) is 5.48 Å². The standard InChI is InChI=1S/C17H14F2N2O4/c1-9(16-11(18)3-2-4-12(16)19)21-13-7-10(17(23)20-24)5-6-14(13)25-8-15(21)22/h2-7,9,24H,8H2,1H3,(H,20,23). The number of nitrogens with one attached hydrogen (secondary N) is 1. The van der Waals surface area contributed by atoms with Crippen LogP contribution in [0, 0.1) is 11.6 Å². The van der Waals surface area contributed by atoms with Gasteiger partial charge in [-0.2, -0.15) is 0 Å². The highest BCUT2D eigenvalue weighted by Crippen LogP contribution is 2.39. The molecule has 2 N–H and O–H groups in total. The zero-order valence-corrected chi connectivity index (χ0v) is 13.1. The summed E-state index contributed by atoms with van der Waals surface area (Å²) in [5.41, 5.74) is 1.48. The summed E-state index contributed by atoms with van der Waals surface area (Å²) >= 11 is 0. The maximum absolute atomic E-state index is 14.1. The van der Waals surface area contributed by atoms with Crippen LogP contribution in [-0.2, 0) is 4.79 Å². The number of carbonyl (C=O) groups excluding carboxylic acids is 2. The fourth-order valence-corrected chi connectivity index (χ4v) is 2.84. The Kier molecular flexibility index (Phi) is 4.37. The molecule has 1 unspecified atom stereocenters. The van der Waals surface area contributed by atoms with Gasteiger partial charge < -0.3 is 4.74 Å². The van der Waals surface area contributed by atoms with E-state index in [0.29, 0.717) is 0 Å². The average molecular weight is 348 g/mol. The minimum Gasteiger partial charge on any atom is -0.482 e. The first-order valence-corrected chi connectivity index (χ1v) is 7.41. The number of hydrogen-bond donors (Lipinski definition) is 2. The molecule has 0 aromatic heterocycles. The Labute approximate surface area is 141 Å².